The molecule has 0 radical (unpaired) electrons. The van der Waals surface area contributed by atoms with E-state index in [9.17, 15) is 9.59 Å². The highest BCUT2D eigenvalue weighted by atomic mass is 16.1. The van der Waals surface area contributed by atoms with E-state index in [0.717, 1.165) is 55.1 Å². The van der Waals surface area contributed by atoms with Gasteiger partial charge in [-0.3, -0.25) is 19.6 Å². The molecule has 3 unspecified atom stereocenters. The predicted molar refractivity (Wildman–Crippen MR) is 123 cm³/mol. The van der Waals surface area contributed by atoms with Crippen LogP contribution < -0.4 is 5.35 Å². The van der Waals surface area contributed by atoms with Gasteiger partial charge in [0.2, 0.25) is 0 Å². The topological polar surface area (TPSA) is 59.9 Å². The van der Waals surface area contributed by atoms with Crippen molar-refractivity contribution in [1.82, 2.24) is 9.97 Å². The van der Waals surface area contributed by atoms with Crippen LogP contribution in [0.3, 0.4) is 0 Å². The molecular formula is C28H16N2O2. The molecule has 4 nitrogen and oxygen atoms in total. The summed E-state index contributed by atoms with van der Waals surface area (Å²) in [4.78, 5) is 37.1. The second kappa shape index (κ2) is 5.46. The number of allylic oxidation sites excluding steroid dienone is 10. The molecule has 0 fully saturated rings. The van der Waals surface area contributed by atoms with Crippen molar-refractivity contribution < 1.29 is 9.59 Å². The zero-order chi connectivity index (χ0) is 21.1. The van der Waals surface area contributed by atoms with E-state index >= 15 is 0 Å². The van der Waals surface area contributed by atoms with E-state index in [1.54, 1.807) is 0 Å². The van der Waals surface area contributed by atoms with Crippen molar-refractivity contribution in [3.63, 3.8) is 0 Å². The monoisotopic (exact) mass is 412 g/mol. The van der Waals surface area contributed by atoms with Crippen LogP contribution in [0.15, 0.2) is 66.8 Å². The van der Waals surface area contributed by atoms with Crippen LogP contribution in [0.1, 0.15) is 33.2 Å². The first-order valence-corrected chi connectivity index (χ1v) is 11.0. The van der Waals surface area contributed by atoms with Gasteiger partial charge >= 0.3 is 0 Å². The lowest BCUT2D eigenvalue weighted by molar-refractivity contribution is -0.116. The summed E-state index contributed by atoms with van der Waals surface area (Å²) in [5.74, 6) is -0.284. The molecule has 150 valence electrons. The first kappa shape index (κ1) is 16.7. The minimum absolute atomic E-state index is 0.0622. The highest BCUT2D eigenvalue weighted by Gasteiger charge is 2.42. The highest BCUT2D eigenvalue weighted by molar-refractivity contribution is 6.31. The molecule has 2 heterocycles. The molecule has 1 aromatic carbocycles. The van der Waals surface area contributed by atoms with Gasteiger partial charge in [-0.25, -0.2) is 0 Å². The zero-order valence-electron chi connectivity index (χ0n) is 17.0. The second-order valence-electron chi connectivity index (χ2n) is 9.09. The molecule has 3 aromatic rings. The van der Waals surface area contributed by atoms with Crippen molar-refractivity contribution in [2.24, 2.45) is 11.8 Å². The molecule has 5 aliphatic rings. The molecule has 2 aromatic heterocycles. The van der Waals surface area contributed by atoms with Gasteiger partial charge in [-0.1, -0.05) is 54.7 Å². The van der Waals surface area contributed by atoms with E-state index < -0.39 is 0 Å². The minimum Gasteiger partial charge on any atom is -0.293 e. The van der Waals surface area contributed by atoms with E-state index in [1.165, 1.54) is 0 Å². The Morgan fingerprint density at radius 1 is 0.812 bits per heavy atom. The largest absolute Gasteiger partial charge is 0.293 e. The van der Waals surface area contributed by atoms with Gasteiger partial charge in [0.05, 0.1) is 34.1 Å². The Labute approximate surface area is 183 Å². The summed E-state index contributed by atoms with van der Waals surface area (Å²) >= 11 is 0. The molecule has 0 bridgehead atoms. The average molecular weight is 412 g/mol. The Kier molecular flexibility index (Phi) is 2.86. The Bertz CT molecular complexity index is 1700. The smallest absolute Gasteiger partial charge is 0.174 e. The molecule has 5 aliphatic carbocycles. The summed E-state index contributed by atoms with van der Waals surface area (Å²) in [6.45, 7) is 0. The number of pyridine rings is 2. The van der Waals surface area contributed by atoms with E-state index in [-0.39, 0.29) is 29.3 Å². The van der Waals surface area contributed by atoms with Gasteiger partial charge in [-0.15, -0.1) is 0 Å². The number of rotatable bonds is 0. The minimum atomic E-state index is -0.285. The Morgan fingerprint density at radius 2 is 1.66 bits per heavy atom. The fourth-order valence-electron chi connectivity index (χ4n) is 6.22. The normalized spacial score (nSPS) is 26.1. The number of fused-ring (bicyclic) bond motifs is 3. The number of hydrogen-bond acceptors (Lipinski definition) is 4. The van der Waals surface area contributed by atoms with Crippen LogP contribution in [-0.4, -0.2) is 21.5 Å². The number of aromatic nitrogens is 2. The molecule has 0 saturated carbocycles. The predicted octanol–water partition coefficient (Wildman–Crippen LogP) is 3.94. The van der Waals surface area contributed by atoms with Crippen LogP contribution in [0.2, 0.25) is 0 Å². The Morgan fingerprint density at radius 3 is 2.56 bits per heavy atom. The quantitative estimate of drug-likeness (QED) is 0.561. The first-order valence-electron chi connectivity index (χ1n) is 11.0. The molecule has 0 amide bonds. The van der Waals surface area contributed by atoms with Crippen LogP contribution >= 0.6 is 0 Å². The van der Waals surface area contributed by atoms with Gasteiger partial charge in [-0.2, -0.15) is 0 Å². The van der Waals surface area contributed by atoms with Crippen LogP contribution in [-0.2, 0) is 11.2 Å². The third-order valence-corrected chi connectivity index (χ3v) is 7.59. The lowest BCUT2D eigenvalue weighted by Crippen LogP contribution is -2.33. The van der Waals surface area contributed by atoms with E-state index in [0.29, 0.717) is 12.0 Å². The standard InChI is InChI=1S/C28H16N2O2/c31-27-15-7-3-1-5-13(15)25-21-17(27)9-12-20-23(21)24-19(29-25)11-10-18-22(24)26(30-20)14-6-2-4-8-16(14)28(18)32/h1-11,13,15-16H,12H2. The van der Waals surface area contributed by atoms with Gasteiger partial charge in [0.25, 0.3) is 0 Å². The first-order chi connectivity index (χ1) is 15.7. The molecule has 0 N–H and O–H groups in total. The fourth-order valence-corrected chi connectivity index (χ4v) is 6.22. The van der Waals surface area contributed by atoms with E-state index in [4.69, 9.17) is 9.97 Å². The number of hydrogen-bond donors (Lipinski definition) is 0. The van der Waals surface area contributed by atoms with E-state index in [2.05, 4.69) is 6.08 Å². The van der Waals surface area contributed by atoms with Crippen molar-refractivity contribution in [2.45, 2.75) is 12.3 Å². The van der Waals surface area contributed by atoms with Crippen LogP contribution in [0, 0.1) is 11.8 Å². The van der Waals surface area contributed by atoms with Gasteiger partial charge in [0.15, 0.2) is 11.6 Å². The average Bonchev–Trinajstić information content (AvgIpc) is 2.85. The van der Waals surface area contributed by atoms with Crippen LogP contribution in [0.25, 0.3) is 32.8 Å². The van der Waals surface area contributed by atoms with Crippen molar-refractivity contribution >= 4 is 44.4 Å². The van der Waals surface area contributed by atoms with Crippen LogP contribution in [0.5, 0.6) is 0 Å². The molecule has 0 saturated heterocycles. The summed E-state index contributed by atoms with van der Waals surface area (Å²) in [6.07, 6.45) is 18.6. The van der Waals surface area contributed by atoms with Gasteiger partial charge < -0.3 is 0 Å². The summed E-state index contributed by atoms with van der Waals surface area (Å²) in [5, 5.41) is 3.77. The summed E-state index contributed by atoms with van der Waals surface area (Å²) in [5.41, 5.74) is 6.16. The number of carbonyl (C=O) groups is 2. The van der Waals surface area contributed by atoms with Gasteiger partial charge in [0.1, 0.15) is 0 Å². The van der Waals surface area contributed by atoms with Gasteiger partial charge in [-0.05, 0) is 17.7 Å². The maximum atomic E-state index is 13.4. The van der Waals surface area contributed by atoms with E-state index in [1.807, 2.05) is 60.7 Å². The van der Waals surface area contributed by atoms with Crippen molar-refractivity contribution in [2.75, 3.05) is 0 Å². The molecule has 0 spiro atoms. The summed E-state index contributed by atoms with van der Waals surface area (Å²) in [6, 6.07) is 3.89. The lowest BCUT2D eigenvalue weighted by atomic mass is 9.69. The zero-order valence-corrected chi connectivity index (χ0v) is 17.0. The highest BCUT2D eigenvalue weighted by Crippen LogP contribution is 2.48. The van der Waals surface area contributed by atoms with Crippen molar-refractivity contribution in [3.05, 3.63) is 94.7 Å². The SMILES string of the molecule is O=C1c2ccc3nc4c5c6c(nc(c2c36)=C2C=CC=CC12)CC=C5C(=O)C1C=CC=CC41. The fraction of sp³-hybridized carbons (Fsp3) is 0.143. The second-order valence-corrected chi connectivity index (χ2v) is 9.09. The number of nitrogens with zero attached hydrogens (tertiary/aromatic N) is 2. The molecule has 0 aliphatic heterocycles. The Hall–Kier alpha value is -3.92. The third-order valence-electron chi connectivity index (χ3n) is 7.59. The number of benzene rings is 1. The number of carbonyl (C=O) groups excluding carboxylic acids is 2. The summed E-state index contributed by atoms with van der Waals surface area (Å²) < 4.78 is 0. The molecule has 3 atom stereocenters. The maximum Gasteiger partial charge on any atom is 0.174 e. The van der Waals surface area contributed by atoms with Crippen molar-refractivity contribution in [3.8, 4) is 0 Å². The molecular weight excluding hydrogens is 396 g/mol. The number of Topliss-reactive ketones (excluding diaryl/α,β-unsaturated/α-hetero) is 2. The van der Waals surface area contributed by atoms with Crippen LogP contribution in [0.4, 0.5) is 0 Å². The molecule has 4 heteroatoms. The van der Waals surface area contributed by atoms with Gasteiger partial charge in [0, 0.05) is 45.2 Å². The molecule has 8 rings (SSSR count). The lowest BCUT2D eigenvalue weighted by Gasteiger charge is -2.34. The Balaban J connectivity index is 1.61. The summed E-state index contributed by atoms with van der Waals surface area (Å²) in [7, 11) is 0. The third kappa shape index (κ3) is 1.78. The number of ketones is 2. The van der Waals surface area contributed by atoms with Crippen molar-refractivity contribution in [1.29, 1.82) is 0 Å². The maximum absolute atomic E-state index is 13.4. The molecule has 32 heavy (non-hydrogen) atoms.